The fourth-order valence-corrected chi connectivity index (χ4v) is 2.27. The molecule has 1 aromatic carbocycles. The number of anilines is 1. The number of hydrogen-bond acceptors (Lipinski definition) is 4. The van der Waals surface area contributed by atoms with Crippen LogP contribution >= 0.6 is 0 Å². The average molecular weight is 280 g/mol. The monoisotopic (exact) mass is 280 g/mol. The zero-order chi connectivity index (χ0) is 14.7. The van der Waals surface area contributed by atoms with Crippen LogP contribution in [0.15, 0.2) is 55.2 Å². The molecule has 0 aliphatic rings. The molecule has 0 unspecified atom stereocenters. The number of nitrogens with zero attached hydrogens (tertiary/aromatic N) is 3. The van der Waals surface area contributed by atoms with E-state index >= 15 is 0 Å². The summed E-state index contributed by atoms with van der Waals surface area (Å²) in [5.74, 6) is 0. The predicted molar refractivity (Wildman–Crippen MR) is 82.0 cm³/mol. The van der Waals surface area contributed by atoms with Crippen molar-refractivity contribution in [3.63, 3.8) is 0 Å². The Morgan fingerprint density at radius 1 is 1.05 bits per heavy atom. The van der Waals surface area contributed by atoms with E-state index in [9.17, 15) is 0 Å². The molecule has 106 valence electrons. The number of aliphatic hydroxyl groups is 1. The van der Waals surface area contributed by atoms with Gasteiger partial charge in [0, 0.05) is 35.9 Å². The van der Waals surface area contributed by atoms with Crippen molar-refractivity contribution in [1.82, 2.24) is 14.5 Å². The first kappa shape index (κ1) is 13.3. The van der Waals surface area contributed by atoms with E-state index in [2.05, 4.69) is 9.97 Å². The van der Waals surface area contributed by atoms with Crippen molar-refractivity contribution in [2.24, 2.45) is 0 Å². The Morgan fingerprint density at radius 3 is 2.57 bits per heavy atom. The molecule has 3 N–H and O–H groups in total. The summed E-state index contributed by atoms with van der Waals surface area (Å²) < 4.78 is 1.97. The van der Waals surface area contributed by atoms with Gasteiger partial charge in [0.1, 0.15) is 0 Å². The highest BCUT2D eigenvalue weighted by Crippen LogP contribution is 2.26. The Balaban J connectivity index is 2.01. The molecule has 0 fully saturated rings. The predicted octanol–water partition coefficient (Wildman–Crippen LogP) is 2.05. The third-order valence-electron chi connectivity index (χ3n) is 3.38. The number of benzene rings is 1. The SMILES string of the molecule is Nc1ccncc1-c1cncn1-c1ccc(CCO)cc1. The minimum Gasteiger partial charge on any atom is -0.398 e. The summed E-state index contributed by atoms with van der Waals surface area (Å²) in [5, 5.41) is 8.96. The normalized spacial score (nSPS) is 10.7. The molecule has 0 bridgehead atoms. The van der Waals surface area contributed by atoms with Crippen LogP contribution in [0, 0.1) is 0 Å². The number of nitrogens with two attached hydrogens (primary N) is 1. The number of pyridine rings is 1. The lowest BCUT2D eigenvalue weighted by Gasteiger charge is -2.10. The Labute approximate surface area is 122 Å². The number of nitrogen functional groups attached to an aromatic ring is 1. The highest BCUT2D eigenvalue weighted by molar-refractivity contribution is 5.73. The van der Waals surface area contributed by atoms with Crippen LogP contribution in [0.25, 0.3) is 16.9 Å². The lowest BCUT2D eigenvalue weighted by molar-refractivity contribution is 0.299. The number of imidazole rings is 1. The van der Waals surface area contributed by atoms with E-state index in [4.69, 9.17) is 10.8 Å². The summed E-state index contributed by atoms with van der Waals surface area (Å²) in [6.07, 6.45) is 7.59. The van der Waals surface area contributed by atoms with E-state index in [1.807, 2.05) is 28.8 Å². The second-order valence-corrected chi connectivity index (χ2v) is 4.75. The molecule has 21 heavy (non-hydrogen) atoms. The second kappa shape index (κ2) is 5.76. The van der Waals surface area contributed by atoms with Gasteiger partial charge in [-0.05, 0) is 30.2 Å². The van der Waals surface area contributed by atoms with Crippen molar-refractivity contribution in [3.05, 3.63) is 60.8 Å². The third-order valence-corrected chi connectivity index (χ3v) is 3.38. The van der Waals surface area contributed by atoms with Gasteiger partial charge in [0.25, 0.3) is 0 Å². The fraction of sp³-hybridized carbons (Fsp3) is 0.125. The van der Waals surface area contributed by atoms with Gasteiger partial charge >= 0.3 is 0 Å². The molecule has 5 heteroatoms. The molecular formula is C16H16N4O. The van der Waals surface area contributed by atoms with E-state index in [1.165, 1.54) is 0 Å². The lowest BCUT2D eigenvalue weighted by Crippen LogP contribution is -1.99. The van der Waals surface area contributed by atoms with Crippen molar-refractivity contribution < 1.29 is 5.11 Å². The van der Waals surface area contributed by atoms with Crippen molar-refractivity contribution in [2.75, 3.05) is 12.3 Å². The van der Waals surface area contributed by atoms with Crippen LogP contribution in [0.4, 0.5) is 5.69 Å². The van der Waals surface area contributed by atoms with Crippen LogP contribution < -0.4 is 5.73 Å². The minimum atomic E-state index is 0.155. The zero-order valence-electron chi connectivity index (χ0n) is 11.5. The smallest absolute Gasteiger partial charge is 0.0997 e. The van der Waals surface area contributed by atoms with E-state index in [0.29, 0.717) is 12.1 Å². The molecular weight excluding hydrogens is 264 g/mol. The van der Waals surface area contributed by atoms with E-state index in [1.54, 1.807) is 31.0 Å². The van der Waals surface area contributed by atoms with Crippen molar-refractivity contribution in [2.45, 2.75) is 6.42 Å². The first-order valence-corrected chi connectivity index (χ1v) is 6.72. The maximum Gasteiger partial charge on any atom is 0.0997 e. The molecule has 0 aliphatic carbocycles. The number of rotatable bonds is 4. The van der Waals surface area contributed by atoms with Gasteiger partial charge in [-0.2, -0.15) is 0 Å². The molecule has 0 saturated carbocycles. The van der Waals surface area contributed by atoms with E-state index in [0.717, 1.165) is 22.5 Å². The molecule has 0 spiro atoms. The van der Waals surface area contributed by atoms with E-state index in [-0.39, 0.29) is 6.61 Å². The third kappa shape index (κ3) is 2.64. The second-order valence-electron chi connectivity index (χ2n) is 4.75. The Kier molecular flexibility index (Phi) is 3.66. The van der Waals surface area contributed by atoms with Gasteiger partial charge < -0.3 is 10.8 Å². The molecule has 3 rings (SSSR count). The first-order chi connectivity index (χ1) is 10.3. The van der Waals surface area contributed by atoms with Crippen molar-refractivity contribution >= 4 is 5.69 Å². The van der Waals surface area contributed by atoms with Crippen LogP contribution in [0.2, 0.25) is 0 Å². The quantitative estimate of drug-likeness (QED) is 0.767. The summed E-state index contributed by atoms with van der Waals surface area (Å²) >= 11 is 0. The Hall–Kier alpha value is -2.66. The topological polar surface area (TPSA) is 77.0 Å². The Morgan fingerprint density at radius 2 is 1.86 bits per heavy atom. The highest BCUT2D eigenvalue weighted by Gasteiger charge is 2.10. The Bertz CT molecular complexity index is 734. The van der Waals surface area contributed by atoms with Gasteiger partial charge in [0.15, 0.2) is 0 Å². The van der Waals surface area contributed by atoms with Crippen LogP contribution in [-0.2, 0) is 6.42 Å². The molecule has 5 nitrogen and oxygen atoms in total. The van der Waals surface area contributed by atoms with Crippen LogP contribution in [0.5, 0.6) is 0 Å². The van der Waals surface area contributed by atoms with Gasteiger partial charge in [-0.25, -0.2) is 4.98 Å². The molecule has 3 aromatic rings. The van der Waals surface area contributed by atoms with Crippen molar-refractivity contribution in [1.29, 1.82) is 0 Å². The summed E-state index contributed by atoms with van der Waals surface area (Å²) in [7, 11) is 0. The minimum absolute atomic E-state index is 0.155. The summed E-state index contributed by atoms with van der Waals surface area (Å²) in [6, 6.07) is 9.78. The highest BCUT2D eigenvalue weighted by atomic mass is 16.2. The first-order valence-electron chi connectivity index (χ1n) is 6.72. The van der Waals surface area contributed by atoms with Gasteiger partial charge in [-0.15, -0.1) is 0 Å². The summed E-state index contributed by atoms with van der Waals surface area (Å²) in [4.78, 5) is 8.34. The van der Waals surface area contributed by atoms with Gasteiger partial charge in [0.05, 0.1) is 18.2 Å². The van der Waals surface area contributed by atoms with E-state index < -0.39 is 0 Å². The molecule has 0 aliphatic heterocycles. The largest absolute Gasteiger partial charge is 0.398 e. The number of hydrogen-bond donors (Lipinski definition) is 2. The van der Waals surface area contributed by atoms with Crippen LogP contribution in [-0.4, -0.2) is 26.2 Å². The zero-order valence-corrected chi connectivity index (χ0v) is 11.5. The lowest BCUT2D eigenvalue weighted by atomic mass is 10.1. The maximum absolute atomic E-state index is 8.96. The standard InChI is InChI=1S/C16H16N4O/c17-15-5-7-18-9-14(15)16-10-19-11-20(16)13-3-1-12(2-4-13)6-8-21/h1-5,7,9-11,21H,6,8H2,(H2,17,18). The summed E-state index contributed by atoms with van der Waals surface area (Å²) in [5.41, 5.74) is 10.5. The molecule has 0 amide bonds. The number of aromatic nitrogens is 3. The van der Waals surface area contributed by atoms with Gasteiger partial charge in [-0.3, -0.25) is 9.55 Å². The van der Waals surface area contributed by atoms with Crippen LogP contribution in [0.1, 0.15) is 5.56 Å². The number of aliphatic hydroxyl groups excluding tert-OH is 1. The molecule has 0 radical (unpaired) electrons. The maximum atomic E-state index is 8.96. The average Bonchev–Trinajstić information content (AvgIpc) is 2.98. The van der Waals surface area contributed by atoms with Gasteiger partial charge in [-0.1, -0.05) is 12.1 Å². The molecule has 0 saturated heterocycles. The molecule has 2 heterocycles. The van der Waals surface area contributed by atoms with Crippen LogP contribution in [0.3, 0.4) is 0 Å². The molecule has 0 atom stereocenters. The summed E-state index contributed by atoms with van der Waals surface area (Å²) in [6.45, 7) is 0.155. The van der Waals surface area contributed by atoms with Crippen molar-refractivity contribution in [3.8, 4) is 16.9 Å². The van der Waals surface area contributed by atoms with Gasteiger partial charge in [0.2, 0.25) is 0 Å². The molecule has 2 aromatic heterocycles. The fourth-order valence-electron chi connectivity index (χ4n) is 2.27.